The van der Waals surface area contributed by atoms with Crippen molar-refractivity contribution in [1.82, 2.24) is 10.2 Å². The average molecular weight is 492 g/mol. The number of nitrogens with zero attached hydrogens (tertiary/aromatic N) is 2. The van der Waals surface area contributed by atoms with Gasteiger partial charge in [0.25, 0.3) is 5.91 Å². The van der Waals surface area contributed by atoms with Gasteiger partial charge >= 0.3 is 0 Å². The number of halogens is 1. The first-order valence-corrected chi connectivity index (χ1v) is 13.3. The Morgan fingerprint density at radius 1 is 1.03 bits per heavy atom. The van der Waals surface area contributed by atoms with Crippen molar-refractivity contribution < 1.29 is 9.59 Å². The molecule has 35 heavy (non-hydrogen) atoms. The molecule has 0 unspecified atom stereocenters. The van der Waals surface area contributed by atoms with Crippen LogP contribution in [0.3, 0.4) is 0 Å². The molecule has 0 radical (unpaired) electrons. The van der Waals surface area contributed by atoms with Crippen molar-refractivity contribution in [3.05, 3.63) is 63.7 Å². The predicted molar refractivity (Wildman–Crippen MR) is 141 cm³/mol. The Balaban J connectivity index is 1.24. The fraction of sp³-hybridized carbons (Fsp3) is 0.483. The second-order valence-electron chi connectivity index (χ2n) is 10.6. The van der Waals surface area contributed by atoms with Crippen LogP contribution in [0.5, 0.6) is 0 Å². The molecule has 2 amide bonds. The van der Waals surface area contributed by atoms with E-state index < -0.39 is 0 Å². The normalized spacial score (nSPS) is 18.8. The lowest BCUT2D eigenvalue weighted by molar-refractivity contribution is -0.132. The Morgan fingerprint density at radius 2 is 1.80 bits per heavy atom. The van der Waals surface area contributed by atoms with Crippen LogP contribution in [0.15, 0.2) is 41.4 Å². The highest BCUT2D eigenvalue weighted by atomic mass is 35.5. The quantitative estimate of drug-likeness (QED) is 0.536. The zero-order valence-electron chi connectivity index (χ0n) is 20.5. The molecule has 3 aliphatic rings. The molecule has 2 fully saturated rings. The molecule has 5 nitrogen and oxygen atoms in total. The molecular weight excluding hydrogens is 458 g/mol. The second-order valence-corrected chi connectivity index (χ2v) is 11.0. The van der Waals surface area contributed by atoms with Crippen molar-refractivity contribution in [2.75, 3.05) is 13.1 Å². The van der Waals surface area contributed by atoms with Crippen LogP contribution in [-0.2, 0) is 24.2 Å². The van der Waals surface area contributed by atoms with Gasteiger partial charge in [-0.05, 0) is 60.6 Å². The zero-order valence-corrected chi connectivity index (χ0v) is 21.3. The first-order valence-electron chi connectivity index (χ1n) is 13.0. The number of carbonyl (C=O) groups is 2. The van der Waals surface area contributed by atoms with Crippen LogP contribution >= 0.6 is 11.6 Å². The monoisotopic (exact) mass is 491 g/mol. The van der Waals surface area contributed by atoms with Gasteiger partial charge in [-0.2, -0.15) is 0 Å². The van der Waals surface area contributed by atoms with E-state index in [0.29, 0.717) is 18.0 Å². The summed E-state index contributed by atoms with van der Waals surface area (Å²) < 4.78 is 0. The SMILES string of the molecule is CC1(C(=O)NCc2ccc(Cl)c(CC3=Nc4cc(C(=O)N5CCCC5)ccc4C3)c2)CCCCC1. The van der Waals surface area contributed by atoms with Gasteiger partial charge in [-0.15, -0.1) is 0 Å². The molecule has 6 heteroatoms. The molecule has 2 aromatic rings. The van der Waals surface area contributed by atoms with Crippen molar-refractivity contribution in [3.8, 4) is 0 Å². The summed E-state index contributed by atoms with van der Waals surface area (Å²) in [7, 11) is 0. The van der Waals surface area contributed by atoms with Crippen molar-refractivity contribution in [1.29, 1.82) is 0 Å². The van der Waals surface area contributed by atoms with Gasteiger partial charge in [-0.1, -0.05) is 56.0 Å². The fourth-order valence-corrected chi connectivity index (χ4v) is 5.82. The molecule has 1 saturated carbocycles. The maximum atomic E-state index is 12.8. The van der Waals surface area contributed by atoms with E-state index in [-0.39, 0.29) is 17.2 Å². The van der Waals surface area contributed by atoms with Gasteiger partial charge in [0, 0.05) is 54.2 Å². The Morgan fingerprint density at radius 3 is 2.57 bits per heavy atom. The zero-order chi connectivity index (χ0) is 24.4. The Hall–Kier alpha value is -2.66. The van der Waals surface area contributed by atoms with E-state index in [1.165, 1.54) is 6.42 Å². The fourth-order valence-electron chi connectivity index (χ4n) is 5.63. The van der Waals surface area contributed by atoms with E-state index in [1.54, 1.807) is 0 Å². The third-order valence-electron chi connectivity index (χ3n) is 7.86. The molecule has 2 aromatic carbocycles. The van der Waals surface area contributed by atoms with Crippen LogP contribution in [0.2, 0.25) is 5.02 Å². The minimum atomic E-state index is -0.243. The lowest BCUT2D eigenvalue weighted by atomic mass is 9.75. The molecule has 0 bridgehead atoms. The lowest BCUT2D eigenvalue weighted by Gasteiger charge is -2.32. The number of amides is 2. The van der Waals surface area contributed by atoms with Gasteiger partial charge < -0.3 is 10.2 Å². The summed E-state index contributed by atoms with van der Waals surface area (Å²) in [6, 6.07) is 11.9. The summed E-state index contributed by atoms with van der Waals surface area (Å²) in [5, 5.41) is 3.87. The number of benzene rings is 2. The number of nitrogens with one attached hydrogen (secondary N) is 1. The maximum absolute atomic E-state index is 12.8. The summed E-state index contributed by atoms with van der Waals surface area (Å²) in [6.07, 6.45) is 9.02. The molecular formula is C29H34ClN3O2. The second kappa shape index (κ2) is 10.1. The molecule has 2 heterocycles. The molecule has 1 saturated heterocycles. The molecule has 1 N–H and O–H groups in total. The van der Waals surface area contributed by atoms with E-state index in [9.17, 15) is 9.59 Å². The molecule has 0 spiro atoms. The van der Waals surface area contributed by atoms with Crippen LogP contribution in [0.4, 0.5) is 5.69 Å². The summed E-state index contributed by atoms with van der Waals surface area (Å²) >= 11 is 6.54. The van der Waals surface area contributed by atoms with Crippen molar-refractivity contribution in [2.24, 2.45) is 10.4 Å². The minimum absolute atomic E-state index is 0.105. The summed E-state index contributed by atoms with van der Waals surface area (Å²) in [6.45, 7) is 4.29. The molecule has 1 aliphatic carbocycles. The number of aliphatic imine (C=N–C) groups is 1. The highest BCUT2D eigenvalue weighted by Crippen LogP contribution is 2.36. The summed E-state index contributed by atoms with van der Waals surface area (Å²) in [5.41, 5.74) is 5.63. The highest BCUT2D eigenvalue weighted by molar-refractivity contribution is 6.31. The Kier molecular flexibility index (Phi) is 6.97. The summed E-state index contributed by atoms with van der Waals surface area (Å²) in [4.78, 5) is 32.4. The molecule has 2 aliphatic heterocycles. The molecule has 0 atom stereocenters. The van der Waals surface area contributed by atoms with Crippen LogP contribution < -0.4 is 5.32 Å². The van der Waals surface area contributed by atoms with Gasteiger partial charge in [-0.3, -0.25) is 14.6 Å². The number of likely N-dealkylation sites (tertiary alicyclic amines) is 1. The van der Waals surface area contributed by atoms with E-state index >= 15 is 0 Å². The number of carbonyl (C=O) groups excluding carboxylic acids is 2. The smallest absolute Gasteiger partial charge is 0.253 e. The lowest BCUT2D eigenvalue weighted by Crippen LogP contribution is -2.39. The van der Waals surface area contributed by atoms with E-state index in [4.69, 9.17) is 16.6 Å². The summed E-state index contributed by atoms with van der Waals surface area (Å²) in [5.74, 6) is 0.262. The van der Waals surface area contributed by atoms with Gasteiger partial charge in [0.05, 0.1) is 5.69 Å². The minimum Gasteiger partial charge on any atom is -0.352 e. The van der Waals surface area contributed by atoms with Gasteiger partial charge in [0.15, 0.2) is 0 Å². The number of rotatable bonds is 6. The first-order chi connectivity index (χ1) is 16.9. The number of hydrogen-bond acceptors (Lipinski definition) is 3. The third-order valence-corrected chi connectivity index (χ3v) is 8.23. The van der Waals surface area contributed by atoms with E-state index in [0.717, 1.165) is 91.7 Å². The van der Waals surface area contributed by atoms with Crippen LogP contribution in [-0.4, -0.2) is 35.5 Å². The molecule has 184 valence electrons. The van der Waals surface area contributed by atoms with Crippen LogP contribution in [0.25, 0.3) is 0 Å². The number of hydrogen-bond donors (Lipinski definition) is 1. The standard InChI is InChI=1S/C29H34ClN3O2/c1-29(11-3-2-4-12-29)28(35)31-19-20-7-10-25(30)23(15-20)17-24-16-21-8-9-22(18-26(21)32-24)27(34)33-13-5-6-14-33/h7-10,15,18H,2-6,11-14,16-17,19H2,1H3,(H,31,35). The molecule has 0 aromatic heterocycles. The van der Waals surface area contributed by atoms with Gasteiger partial charge in [0.2, 0.25) is 5.91 Å². The van der Waals surface area contributed by atoms with Gasteiger partial charge in [-0.25, -0.2) is 0 Å². The number of fused-ring (bicyclic) bond motifs is 1. The average Bonchev–Trinajstić information content (AvgIpc) is 3.54. The van der Waals surface area contributed by atoms with Crippen molar-refractivity contribution >= 4 is 34.8 Å². The topological polar surface area (TPSA) is 61.8 Å². The maximum Gasteiger partial charge on any atom is 0.253 e. The molecule has 5 rings (SSSR count). The van der Waals surface area contributed by atoms with Crippen molar-refractivity contribution in [2.45, 2.75) is 71.3 Å². The van der Waals surface area contributed by atoms with E-state index in [2.05, 4.69) is 18.3 Å². The Bertz CT molecular complexity index is 1160. The highest BCUT2D eigenvalue weighted by Gasteiger charge is 2.34. The predicted octanol–water partition coefficient (Wildman–Crippen LogP) is 6.03. The van der Waals surface area contributed by atoms with E-state index in [1.807, 2.05) is 35.2 Å². The first kappa shape index (κ1) is 24.1. The van der Waals surface area contributed by atoms with Gasteiger partial charge in [0.1, 0.15) is 0 Å². The Labute approximate surface area is 213 Å². The van der Waals surface area contributed by atoms with Crippen molar-refractivity contribution in [3.63, 3.8) is 0 Å². The third kappa shape index (κ3) is 5.30. The van der Waals surface area contributed by atoms with Crippen LogP contribution in [0.1, 0.15) is 78.9 Å². The largest absolute Gasteiger partial charge is 0.352 e. The van der Waals surface area contributed by atoms with Crippen LogP contribution in [0, 0.1) is 5.41 Å².